The highest BCUT2D eigenvalue weighted by molar-refractivity contribution is 5.85. The zero-order valence-corrected chi connectivity index (χ0v) is 10.3. The average Bonchev–Trinajstić information content (AvgIpc) is 2.82. The lowest BCUT2D eigenvalue weighted by molar-refractivity contribution is -0.123. The van der Waals surface area contributed by atoms with Crippen molar-refractivity contribution in [2.75, 3.05) is 13.2 Å². The van der Waals surface area contributed by atoms with Crippen LogP contribution in [0.3, 0.4) is 0 Å². The van der Waals surface area contributed by atoms with Gasteiger partial charge in [0.25, 0.3) is 0 Å². The number of amides is 1. The van der Waals surface area contributed by atoms with Crippen LogP contribution in [0.5, 0.6) is 0 Å². The molecular weight excluding hydrogens is 240 g/mol. The number of nitrogens with two attached hydrogens (primary N) is 1. The van der Waals surface area contributed by atoms with Crippen molar-refractivity contribution >= 4 is 18.3 Å². The molecule has 4 nitrogen and oxygen atoms in total. The number of halogens is 1. The maximum atomic E-state index is 11.8. The summed E-state index contributed by atoms with van der Waals surface area (Å²) in [5, 5.41) is 2.89. The summed E-state index contributed by atoms with van der Waals surface area (Å²) in [6.07, 6.45) is 0.868. The molecule has 0 saturated carbocycles. The first-order chi connectivity index (χ1) is 7.77. The normalized spacial score (nSPS) is 20.4. The molecule has 1 aromatic carbocycles. The number of ether oxygens (including phenoxy) is 1. The van der Waals surface area contributed by atoms with Gasteiger partial charge in [-0.15, -0.1) is 12.4 Å². The molecule has 1 heterocycles. The van der Waals surface area contributed by atoms with Gasteiger partial charge in [-0.2, -0.15) is 0 Å². The number of carbonyl (C=O) groups is 1. The summed E-state index contributed by atoms with van der Waals surface area (Å²) >= 11 is 0. The van der Waals surface area contributed by atoms with E-state index >= 15 is 0 Å². The molecule has 1 saturated heterocycles. The summed E-state index contributed by atoms with van der Waals surface area (Å²) in [7, 11) is 0. The SMILES string of the molecule is Cl.NC(C(=O)NC1CCOC1)c1ccccc1. The predicted molar refractivity (Wildman–Crippen MR) is 68.0 cm³/mol. The first kappa shape index (κ1) is 14.0. The van der Waals surface area contributed by atoms with E-state index in [9.17, 15) is 4.79 Å². The molecule has 0 aromatic heterocycles. The van der Waals surface area contributed by atoms with Crippen LogP contribution in [-0.4, -0.2) is 25.2 Å². The largest absolute Gasteiger partial charge is 0.379 e. The van der Waals surface area contributed by atoms with Crippen LogP contribution in [0.25, 0.3) is 0 Å². The van der Waals surface area contributed by atoms with Gasteiger partial charge in [-0.1, -0.05) is 30.3 Å². The van der Waals surface area contributed by atoms with Crippen molar-refractivity contribution in [2.45, 2.75) is 18.5 Å². The van der Waals surface area contributed by atoms with Gasteiger partial charge in [0, 0.05) is 6.61 Å². The third-order valence-electron chi connectivity index (χ3n) is 2.72. The summed E-state index contributed by atoms with van der Waals surface area (Å²) in [5.41, 5.74) is 6.70. The van der Waals surface area contributed by atoms with Crippen molar-refractivity contribution in [2.24, 2.45) is 5.73 Å². The molecule has 1 aliphatic rings. The Morgan fingerprint density at radius 2 is 2.12 bits per heavy atom. The van der Waals surface area contributed by atoms with Gasteiger partial charge in [-0.3, -0.25) is 4.79 Å². The Balaban J connectivity index is 0.00000144. The van der Waals surface area contributed by atoms with Gasteiger partial charge in [0.1, 0.15) is 6.04 Å². The molecule has 2 atom stereocenters. The van der Waals surface area contributed by atoms with Crippen molar-refractivity contribution < 1.29 is 9.53 Å². The summed E-state index contributed by atoms with van der Waals surface area (Å²) in [5.74, 6) is -0.137. The minimum Gasteiger partial charge on any atom is -0.379 e. The Morgan fingerprint density at radius 3 is 2.71 bits per heavy atom. The van der Waals surface area contributed by atoms with Crippen molar-refractivity contribution in [1.29, 1.82) is 0 Å². The minimum absolute atomic E-state index is 0. The number of nitrogens with one attached hydrogen (secondary N) is 1. The van der Waals surface area contributed by atoms with E-state index in [-0.39, 0.29) is 24.4 Å². The highest BCUT2D eigenvalue weighted by Gasteiger charge is 2.22. The fourth-order valence-electron chi connectivity index (χ4n) is 1.75. The number of hydrogen-bond donors (Lipinski definition) is 2. The van der Waals surface area contributed by atoms with Gasteiger partial charge >= 0.3 is 0 Å². The molecule has 0 bridgehead atoms. The van der Waals surface area contributed by atoms with E-state index in [1.807, 2.05) is 30.3 Å². The van der Waals surface area contributed by atoms with Crippen LogP contribution in [0.4, 0.5) is 0 Å². The third kappa shape index (κ3) is 3.70. The van der Waals surface area contributed by atoms with Crippen molar-refractivity contribution in [3.8, 4) is 0 Å². The maximum absolute atomic E-state index is 11.8. The van der Waals surface area contributed by atoms with Crippen LogP contribution in [0.15, 0.2) is 30.3 Å². The Morgan fingerprint density at radius 1 is 1.41 bits per heavy atom. The molecular formula is C12H17ClN2O2. The second kappa shape index (κ2) is 6.59. The molecule has 94 valence electrons. The molecule has 17 heavy (non-hydrogen) atoms. The van der Waals surface area contributed by atoms with Crippen LogP contribution in [0.2, 0.25) is 0 Å². The van der Waals surface area contributed by atoms with E-state index in [4.69, 9.17) is 10.5 Å². The second-order valence-corrected chi connectivity index (χ2v) is 3.96. The van der Waals surface area contributed by atoms with E-state index in [0.29, 0.717) is 13.2 Å². The molecule has 0 radical (unpaired) electrons. The van der Waals surface area contributed by atoms with Crippen molar-refractivity contribution in [3.05, 3.63) is 35.9 Å². The van der Waals surface area contributed by atoms with Crippen LogP contribution in [0, 0.1) is 0 Å². The summed E-state index contributed by atoms with van der Waals surface area (Å²) < 4.78 is 5.19. The molecule has 0 spiro atoms. The lowest BCUT2D eigenvalue weighted by Crippen LogP contribution is -2.41. The standard InChI is InChI=1S/C12H16N2O2.ClH/c13-11(9-4-2-1-3-5-9)12(15)14-10-6-7-16-8-10;/h1-5,10-11H,6-8,13H2,(H,14,15);1H. The Labute approximate surface area is 107 Å². The maximum Gasteiger partial charge on any atom is 0.241 e. The van der Waals surface area contributed by atoms with Crippen molar-refractivity contribution in [1.82, 2.24) is 5.32 Å². The summed E-state index contributed by atoms with van der Waals surface area (Å²) in [4.78, 5) is 11.8. The van der Waals surface area contributed by atoms with E-state index in [1.54, 1.807) is 0 Å². The topological polar surface area (TPSA) is 64.4 Å². The molecule has 5 heteroatoms. The molecule has 1 aliphatic heterocycles. The first-order valence-electron chi connectivity index (χ1n) is 5.46. The summed E-state index contributed by atoms with van der Waals surface area (Å²) in [6.45, 7) is 1.30. The molecule has 1 amide bonds. The van der Waals surface area contributed by atoms with E-state index in [2.05, 4.69) is 5.32 Å². The zero-order chi connectivity index (χ0) is 11.4. The quantitative estimate of drug-likeness (QED) is 0.849. The van der Waals surface area contributed by atoms with Crippen LogP contribution in [0.1, 0.15) is 18.0 Å². The molecule has 3 N–H and O–H groups in total. The fourth-order valence-corrected chi connectivity index (χ4v) is 1.75. The molecule has 1 fully saturated rings. The Hall–Kier alpha value is -1.10. The summed E-state index contributed by atoms with van der Waals surface area (Å²) in [6, 6.07) is 8.88. The highest BCUT2D eigenvalue weighted by atomic mass is 35.5. The average molecular weight is 257 g/mol. The molecule has 0 aliphatic carbocycles. The van der Waals surface area contributed by atoms with Gasteiger partial charge in [0.05, 0.1) is 12.6 Å². The molecule has 2 rings (SSSR count). The van der Waals surface area contributed by atoms with Gasteiger partial charge < -0.3 is 15.8 Å². The Bertz CT molecular complexity index is 353. The fraction of sp³-hybridized carbons (Fsp3) is 0.417. The van der Waals surface area contributed by atoms with Crippen LogP contribution >= 0.6 is 12.4 Å². The van der Waals surface area contributed by atoms with Crippen molar-refractivity contribution in [3.63, 3.8) is 0 Å². The third-order valence-corrected chi connectivity index (χ3v) is 2.72. The second-order valence-electron chi connectivity index (χ2n) is 3.96. The van der Waals surface area contributed by atoms with Crippen LogP contribution in [-0.2, 0) is 9.53 Å². The van der Waals surface area contributed by atoms with E-state index in [0.717, 1.165) is 12.0 Å². The minimum atomic E-state index is -0.596. The lowest BCUT2D eigenvalue weighted by atomic mass is 10.1. The monoisotopic (exact) mass is 256 g/mol. The van der Waals surface area contributed by atoms with E-state index < -0.39 is 6.04 Å². The molecule has 2 unspecified atom stereocenters. The number of hydrogen-bond acceptors (Lipinski definition) is 3. The van der Waals surface area contributed by atoms with Gasteiger partial charge in [-0.05, 0) is 12.0 Å². The lowest BCUT2D eigenvalue weighted by Gasteiger charge is -2.15. The predicted octanol–water partition coefficient (Wildman–Crippen LogP) is 1.01. The van der Waals surface area contributed by atoms with Gasteiger partial charge in [0.15, 0.2) is 0 Å². The van der Waals surface area contributed by atoms with Gasteiger partial charge in [0.2, 0.25) is 5.91 Å². The smallest absolute Gasteiger partial charge is 0.241 e. The highest BCUT2D eigenvalue weighted by Crippen LogP contribution is 2.11. The van der Waals surface area contributed by atoms with Crippen LogP contribution < -0.4 is 11.1 Å². The Kier molecular flexibility index (Phi) is 5.41. The van der Waals surface area contributed by atoms with E-state index in [1.165, 1.54) is 0 Å². The number of rotatable bonds is 3. The van der Waals surface area contributed by atoms with Gasteiger partial charge in [-0.25, -0.2) is 0 Å². The zero-order valence-electron chi connectivity index (χ0n) is 9.46. The number of benzene rings is 1. The molecule has 1 aromatic rings. The number of carbonyl (C=O) groups excluding carboxylic acids is 1. The first-order valence-corrected chi connectivity index (χ1v) is 5.46.